The highest BCUT2D eigenvalue weighted by Crippen LogP contribution is 2.37. The fourth-order valence-corrected chi connectivity index (χ4v) is 4.63. The second-order valence-electron chi connectivity index (χ2n) is 8.30. The molecule has 0 aromatic heterocycles. The first-order valence-electron chi connectivity index (χ1n) is 10.5. The molecule has 2 aromatic carbocycles. The van der Waals surface area contributed by atoms with Crippen LogP contribution in [0.15, 0.2) is 36.4 Å². The Morgan fingerprint density at radius 2 is 1.62 bits per heavy atom. The molecule has 0 saturated carbocycles. The van der Waals surface area contributed by atoms with E-state index in [1.165, 1.54) is 11.1 Å². The molecule has 0 amide bonds. The van der Waals surface area contributed by atoms with Gasteiger partial charge in [0.25, 0.3) is 5.69 Å². The molecule has 2 aliphatic rings. The maximum Gasteiger partial charge on any atom is 0.269 e. The van der Waals surface area contributed by atoms with Crippen LogP contribution in [0.5, 0.6) is 11.5 Å². The molecule has 0 radical (unpaired) electrons. The number of hydrogen-bond acceptors (Lipinski definition) is 6. The van der Waals surface area contributed by atoms with Gasteiger partial charge >= 0.3 is 0 Å². The first kappa shape index (κ1) is 26.2. The van der Waals surface area contributed by atoms with Crippen LogP contribution >= 0.6 is 24.8 Å². The predicted octanol–water partition coefficient (Wildman–Crippen LogP) is 4.18. The summed E-state index contributed by atoms with van der Waals surface area (Å²) in [4.78, 5) is 12.9. The highest BCUT2D eigenvalue weighted by Gasteiger charge is 2.37. The van der Waals surface area contributed by atoms with Crippen LogP contribution in [0.1, 0.15) is 29.5 Å². The van der Waals surface area contributed by atoms with Crippen LogP contribution in [0.25, 0.3) is 0 Å². The first-order valence-corrected chi connectivity index (χ1v) is 10.5. The molecule has 4 rings (SSSR count). The summed E-state index contributed by atoms with van der Waals surface area (Å²) in [5, 5.41) is 14.6. The molecule has 176 valence electrons. The Hall–Kier alpha value is -2.06. The van der Waals surface area contributed by atoms with Gasteiger partial charge in [-0.25, -0.2) is 0 Å². The van der Waals surface area contributed by atoms with Crippen molar-refractivity contribution in [1.29, 1.82) is 0 Å². The number of nitrogens with one attached hydrogen (secondary N) is 1. The van der Waals surface area contributed by atoms with E-state index < -0.39 is 0 Å². The summed E-state index contributed by atoms with van der Waals surface area (Å²) < 4.78 is 10.9. The molecule has 9 heteroatoms. The summed E-state index contributed by atoms with van der Waals surface area (Å²) in [5.41, 5.74) is 4.09. The van der Waals surface area contributed by atoms with Crippen LogP contribution in [0.2, 0.25) is 0 Å². The SMILES string of the molecule is COc1cc2c(cc1OC)CC1(CCN(CCc3ccc([N+](=O)[O-])cc3)CC1)NC2.Cl.Cl. The van der Waals surface area contributed by atoms with Crippen LogP contribution < -0.4 is 14.8 Å². The molecule has 1 fully saturated rings. The largest absolute Gasteiger partial charge is 0.493 e. The number of rotatable bonds is 6. The smallest absolute Gasteiger partial charge is 0.269 e. The Balaban J connectivity index is 0.00000181. The van der Waals surface area contributed by atoms with Crippen LogP contribution in [-0.2, 0) is 19.4 Å². The molecular weight excluding hydrogens is 453 g/mol. The van der Waals surface area contributed by atoms with E-state index in [1.54, 1.807) is 26.4 Å². The van der Waals surface area contributed by atoms with Crippen molar-refractivity contribution < 1.29 is 14.4 Å². The molecule has 1 N–H and O–H groups in total. The van der Waals surface area contributed by atoms with Crippen LogP contribution in [0.4, 0.5) is 5.69 Å². The van der Waals surface area contributed by atoms with E-state index in [2.05, 4.69) is 22.3 Å². The maximum atomic E-state index is 10.8. The summed E-state index contributed by atoms with van der Waals surface area (Å²) >= 11 is 0. The van der Waals surface area contributed by atoms with Crippen molar-refractivity contribution in [2.24, 2.45) is 0 Å². The Morgan fingerprint density at radius 1 is 1.03 bits per heavy atom. The average Bonchev–Trinajstić information content (AvgIpc) is 2.78. The number of nitro benzene ring substituents is 1. The molecule has 2 heterocycles. The summed E-state index contributed by atoms with van der Waals surface area (Å²) in [6.45, 7) is 3.96. The summed E-state index contributed by atoms with van der Waals surface area (Å²) in [6.07, 6.45) is 4.15. The van der Waals surface area contributed by atoms with Gasteiger partial charge in [-0.15, -0.1) is 24.8 Å². The summed E-state index contributed by atoms with van der Waals surface area (Å²) in [6, 6.07) is 11.1. The zero-order valence-corrected chi connectivity index (χ0v) is 20.1. The van der Waals surface area contributed by atoms with E-state index >= 15 is 0 Å². The van der Waals surface area contributed by atoms with Gasteiger partial charge in [-0.2, -0.15) is 0 Å². The summed E-state index contributed by atoms with van der Waals surface area (Å²) in [7, 11) is 3.36. The van der Waals surface area contributed by atoms with Crippen molar-refractivity contribution in [1.82, 2.24) is 10.2 Å². The molecule has 0 bridgehead atoms. The molecule has 2 aliphatic heterocycles. The standard InChI is InChI=1S/C23H29N3O4.2ClH/c1-29-21-13-18-15-23(24-16-19(18)14-22(21)30-2)8-11-25(12-9-23)10-7-17-3-5-20(6-4-17)26(27)28;;/h3-6,13-14,24H,7-12,15-16H2,1-2H3;2*1H. The second kappa shape index (κ2) is 11.2. The zero-order valence-electron chi connectivity index (χ0n) is 18.5. The number of benzene rings is 2. The third-order valence-corrected chi connectivity index (χ3v) is 6.57. The molecule has 0 unspecified atom stereocenters. The predicted molar refractivity (Wildman–Crippen MR) is 130 cm³/mol. The van der Waals surface area contributed by atoms with E-state index in [1.807, 2.05) is 12.1 Å². The van der Waals surface area contributed by atoms with Gasteiger partial charge in [0.15, 0.2) is 11.5 Å². The van der Waals surface area contributed by atoms with Crippen LogP contribution in [0.3, 0.4) is 0 Å². The fraction of sp³-hybridized carbons (Fsp3) is 0.478. The quantitative estimate of drug-likeness (QED) is 0.490. The number of likely N-dealkylation sites (tertiary alicyclic amines) is 1. The normalized spacial score (nSPS) is 16.9. The van der Waals surface area contributed by atoms with E-state index in [4.69, 9.17) is 9.47 Å². The highest BCUT2D eigenvalue weighted by atomic mass is 35.5. The lowest BCUT2D eigenvalue weighted by atomic mass is 9.78. The van der Waals surface area contributed by atoms with E-state index in [0.717, 1.165) is 68.9 Å². The Morgan fingerprint density at radius 3 is 2.19 bits per heavy atom. The van der Waals surface area contributed by atoms with Crippen molar-refractivity contribution in [3.05, 3.63) is 63.2 Å². The topological polar surface area (TPSA) is 76.9 Å². The lowest BCUT2D eigenvalue weighted by molar-refractivity contribution is -0.384. The Labute approximate surface area is 201 Å². The maximum absolute atomic E-state index is 10.8. The minimum Gasteiger partial charge on any atom is -0.493 e. The van der Waals surface area contributed by atoms with Crippen molar-refractivity contribution in [2.75, 3.05) is 33.9 Å². The first-order chi connectivity index (χ1) is 14.5. The molecule has 1 spiro atoms. The van der Waals surface area contributed by atoms with Gasteiger partial charge in [0.1, 0.15) is 0 Å². The number of nitro groups is 1. The van der Waals surface area contributed by atoms with Crippen LogP contribution in [0, 0.1) is 10.1 Å². The van der Waals surface area contributed by atoms with E-state index in [9.17, 15) is 10.1 Å². The lowest BCUT2D eigenvalue weighted by Crippen LogP contribution is -2.56. The van der Waals surface area contributed by atoms with E-state index in [0.29, 0.717) is 0 Å². The molecule has 32 heavy (non-hydrogen) atoms. The number of piperidine rings is 1. The molecule has 0 aliphatic carbocycles. The van der Waals surface area contributed by atoms with Gasteiger partial charge < -0.3 is 19.7 Å². The van der Waals surface area contributed by atoms with Gasteiger partial charge in [-0.1, -0.05) is 12.1 Å². The Bertz CT molecular complexity index is 916. The van der Waals surface area contributed by atoms with Gasteiger partial charge in [-0.05, 0) is 67.6 Å². The van der Waals surface area contributed by atoms with Gasteiger partial charge in [0, 0.05) is 30.8 Å². The molecule has 0 atom stereocenters. The lowest BCUT2D eigenvalue weighted by Gasteiger charge is -2.45. The van der Waals surface area contributed by atoms with Gasteiger partial charge in [0.05, 0.1) is 19.1 Å². The van der Waals surface area contributed by atoms with E-state index in [-0.39, 0.29) is 41.0 Å². The number of fused-ring (bicyclic) bond motifs is 1. The highest BCUT2D eigenvalue weighted by molar-refractivity contribution is 5.85. The number of methoxy groups -OCH3 is 2. The number of non-ortho nitro benzene ring substituents is 1. The van der Waals surface area contributed by atoms with Crippen molar-refractivity contribution >= 4 is 30.5 Å². The fourth-order valence-electron chi connectivity index (χ4n) is 4.63. The summed E-state index contributed by atoms with van der Waals surface area (Å²) in [5.74, 6) is 1.59. The van der Waals surface area contributed by atoms with Crippen molar-refractivity contribution in [2.45, 2.75) is 37.8 Å². The zero-order chi connectivity index (χ0) is 21.1. The third kappa shape index (κ3) is 5.64. The second-order valence-corrected chi connectivity index (χ2v) is 8.30. The monoisotopic (exact) mass is 483 g/mol. The van der Waals surface area contributed by atoms with Crippen LogP contribution in [-0.4, -0.2) is 49.2 Å². The Kier molecular flexibility index (Phi) is 9.16. The molecule has 1 saturated heterocycles. The minimum absolute atomic E-state index is 0. The number of hydrogen-bond donors (Lipinski definition) is 1. The van der Waals surface area contributed by atoms with Crippen molar-refractivity contribution in [3.8, 4) is 11.5 Å². The number of ether oxygens (including phenoxy) is 2. The molecular formula is C23H31Cl2N3O4. The molecule has 7 nitrogen and oxygen atoms in total. The third-order valence-electron chi connectivity index (χ3n) is 6.57. The van der Waals surface area contributed by atoms with Crippen molar-refractivity contribution in [3.63, 3.8) is 0 Å². The molecule has 2 aromatic rings. The minimum atomic E-state index is -0.352. The van der Waals surface area contributed by atoms with Gasteiger partial charge in [0.2, 0.25) is 0 Å². The number of halogens is 2. The average molecular weight is 484 g/mol. The van der Waals surface area contributed by atoms with Gasteiger partial charge in [-0.3, -0.25) is 10.1 Å². The number of nitrogens with zero attached hydrogens (tertiary/aromatic N) is 2.